The minimum atomic E-state index is -0.416. The fourth-order valence-electron chi connectivity index (χ4n) is 4.34. The minimum Gasteiger partial charge on any atom is -0.490 e. The zero-order valence-electron chi connectivity index (χ0n) is 20.4. The summed E-state index contributed by atoms with van der Waals surface area (Å²) in [5, 5.41) is 2.40. The van der Waals surface area contributed by atoms with E-state index in [1.54, 1.807) is 18.2 Å². The molecule has 1 saturated carbocycles. The van der Waals surface area contributed by atoms with Gasteiger partial charge in [-0.3, -0.25) is 19.3 Å². The van der Waals surface area contributed by atoms with Crippen molar-refractivity contribution in [1.82, 2.24) is 4.90 Å². The van der Waals surface area contributed by atoms with E-state index in [1.807, 2.05) is 6.92 Å². The molecule has 0 unspecified atom stereocenters. The highest BCUT2D eigenvalue weighted by atomic mass is 79.9. The van der Waals surface area contributed by atoms with Crippen LogP contribution in [-0.2, 0) is 9.59 Å². The summed E-state index contributed by atoms with van der Waals surface area (Å²) in [6, 6.07) is 8.79. The van der Waals surface area contributed by atoms with Crippen LogP contribution in [0.25, 0.3) is 6.08 Å². The van der Waals surface area contributed by atoms with Crippen molar-refractivity contribution in [2.45, 2.75) is 39.0 Å². The Morgan fingerprint density at radius 2 is 1.84 bits per heavy atom. The predicted molar refractivity (Wildman–Crippen MR) is 145 cm³/mol. The van der Waals surface area contributed by atoms with Gasteiger partial charge in [0, 0.05) is 16.7 Å². The van der Waals surface area contributed by atoms with Crippen molar-refractivity contribution >= 4 is 56.5 Å². The number of hydrogen-bond acceptors (Lipinski definition) is 6. The maximum Gasteiger partial charge on any atom is 0.293 e. The highest BCUT2D eigenvalue weighted by molar-refractivity contribution is 9.10. The van der Waals surface area contributed by atoms with Gasteiger partial charge in [0.2, 0.25) is 0 Å². The molecule has 4 rings (SSSR count). The Kier molecular flexibility index (Phi) is 9.26. The molecule has 0 spiro atoms. The first-order chi connectivity index (χ1) is 17.8. The van der Waals surface area contributed by atoms with Gasteiger partial charge in [-0.2, -0.15) is 0 Å². The number of anilines is 1. The van der Waals surface area contributed by atoms with Gasteiger partial charge in [0.25, 0.3) is 17.1 Å². The fraction of sp³-hybridized carbons (Fsp3) is 0.370. The molecule has 2 aromatic rings. The Morgan fingerprint density at radius 1 is 1.14 bits per heavy atom. The maximum atomic E-state index is 13.1. The number of hydrogen-bond donors (Lipinski definition) is 1. The van der Waals surface area contributed by atoms with Crippen LogP contribution < -0.4 is 14.8 Å². The van der Waals surface area contributed by atoms with Crippen LogP contribution in [0.4, 0.5) is 14.9 Å². The molecule has 3 amide bonds. The first-order valence-electron chi connectivity index (χ1n) is 12.2. The standard InChI is InChI=1S/C27H28BrFN2O5S/c1-2-35-22-12-18(13-24-26(33)31(27(34)37-24)15-17-6-4-3-5-7-17)21(28)14-23(22)36-16-25(32)30-20-10-8-19(29)9-11-20/h8-14,17H,2-7,15-16H2,1H3,(H,30,32)/b24-13+. The lowest BCUT2D eigenvalue weighted by Crippen LogP contribution is -2.34. The van der Waals surface area contributed by atoms with E-state index < -0.39 is 11.7 Å². The average Bonchev–Trinajstić information content (AvgIpc) is 3.14. The van der Waals surface area contributed by atoms with Crippen LogP contribution >= 0.6 is 27.7 Å². The molecule has 37 heavy (non-hydrogen) atoms. The highest BCUT2D eigenvalue weighted by Crippen LogP contribution is 2.39. The molecule has 1 aliphatic carbocycles. The molecule has 0 aromatic heterocycles. The quantitative estimate of drug-likeness (QED) is 0.330. The van der Waals surface area contributed by atoms with Crippen LogP contribution in [0.15, 0.2) is 45.8 Å². The first-order valence-corrected chi connectivity index (χ1v) is 13.8. The molecular weight excluding hydrogens is 563 g/mol. The van der Waals surface area contributed by atoms with Crippen LogP contribution in [0.5, 0.6) is 11.5 Å². The molecule has 2 fully saturated rings. The van der Waals surface area contributed by atoms with Crippen LogP contribution in [0.1, 0.15) is 44.6 Å². The van der Waals surface area contributed by atoms with E-state index in [9.17, 15) is 18.8 Å². The zero-order chi connectivity index (χ0) is 26.4. The lowest BCUT2D eigenvalue weighted by Gasteiger charge is -2.25. The third kappa shape index (κ3) is 7.13. The van der Waals surface area contributed by atoms with E-state index >= 15 is 0 Å². The van der Waals surface area contributed by atoms with Gasteiger partial charge in [-0.15, -0.1) is 0 Å². The number of halogens is 2. The molecule has 1 N–H and O–H groups in total. The molecule has 1 saturated heterocycles. The van der Waals surface area contributed by atoms with Crippen molar-refractivity contribution in [3.63, 3.8) is 0 Å². The van der Waals surface area contributed by atoms with E-state index in [1.165, 1.54) is 35.6 Å². The number of thioether (sulfide) groups is 1. The van der Waals surface area contributed by atoms with Crippen molar-refractivity contribution in [3.05, 3.63) is 57.2 Å². The van der Waals surface area contributed by atoms with Crippen molar-refractivity contribution in [1.29, 1.82) is 0 Å². The molecule has 1 aliphatic heterocycles. The average molecular weight is 591 g/mol. The van der Waals surface area contributed by atoms with E-state index in [-0.39, 0.29) is 17.8 Å². The Morgan fingerprint density at radius 3 is 2.54 bits per heavy atom. The summed E-state index contributed by atoms with van der Waals surface area (Å²) in [6.07, 6.45) is 7.27. The second kappa shape index (κ2) is 12.6. The molecule has 2 aliphatic rings. The lowest BCUT2D eigenvalue weighted by molar-refractivity contribution is -0.123. The Bertz CT molecular complexity index is 1200. The Balaban J connectivity index is 1.45. The highest BCUT2D eigenvalue weighted by Gasteiger charge is 2.36. The van der Waals surface area contributed by atoms with Crippen molar-refractivity contribution in [2.24, 2.45) is 5.92 Å². The normalized spacial score (nSPS) is 17.4. The predicted octanol–water partition coefficient (Wildman–Crippen LogP) is 6.62. The number of imide groups is 1. The summed E-state index contributed by atoms with van der Waals surface area (Å²) in [5.41, 5.74) is 1.10. The van der Waals surface area contributed by atoms with Crippen molar-refractivity contribution in [3.8, 4) is 11.5 Å². The summed E-state index contributed by atoms with van der Waals surface area (Å²) in [4.78, 5) is 39.6. The van der Waals surface area contributed by atoms with Gasteiger partial charge >= 0.3 is 0 Å². The van der Waals surface area contributed by atoms with Gasteiger partial charge in [-0.1, -0.05) is 35.2 Å². The summed E-state index contributed by atoms with van der Waals surface area (Å²) in [7, 11) is 0. The molecule has 0 bridgehead atoms. The third-order valence-electron chi connectivity index (χ3n) is 6.18. The second-order valence-corrected chi connectivity index (χ2v) is 10.7. The largest absolute Gasteiger partial charge is 0.490 e. The zero-order valence-corrected chi connectivity index (χ0v) is 22.8. The van der Waals surface area contributed by atoms with Gasteiger partial charge < -0.3 is 14.8 Å². The number of carbonyl (C=O) groups excluding carboxylic acids is 3. The number of nitrogens with one attached hydrogen (secondary N) is 1. The van der Waals surface area contributed by atoms with Crippen LogP contribution in [-0.4, -0.2) is 41.7 Å². The number of amides is 3. The van der Waals surface area contributed by atoms with Gasteiger partial charge in [-0.05, 0) is 85.5 Å². The molecule has 0 atom stereocenters. The number of rotatable bonds is 9. The van der Waals surface area contributed by atoms with Crippen LogP contribution in [0, 0.1) is 11.7 Å². The molecule has 1 heterocycles. The smallest absolute Gasteiger partial charge is 0.293 e. The van der Waals surface area contributed by atoms with Crippen LogP contribution in [0.3, 0.4) is 0 Å². The van der Waals surface area contributed by atoms with Gasteiger partial charge in [-0.25, -0.2) is 4.39 Å². The molecular formula is C27H28BrFN2O5S. The van der Waals surface area contributed by atoms with Crippen LogP contribution in [0.2, 0.25) is 0 Å². The second-order valence-electron chi connectivity index (χ2n) is 8.89. The fourth-order valence-corrected chi connectivity index (χ4v) is 5.62. The monoisotopic (exact) mass is 590 g/mol. The maximum absolute atomic E-state index is 13.1. The van der Waals surface area contributed by atoms with E-state index in [4.69, 9.17) is 9.47 Å². The number of nitrogens with zero attached hydrogens (tertiary/aromatic N) is 1. The molecule has 10 heteroatoms. The topological polar surface area (TPSA) is 84.9 Å². The molecule has 196 valence electrons. The summed E-state index contributed by atoms with van der Waals surface area (Å²) in [5.74, 6) is 0.0201. The van der Waals surface area contributed by atoms with E-state index in [0.717, 1.165) is 37.4 Å². The summed E-state index contributed by atoms with van der Waals surface area (Å²) >= 11 is 4.44. The number of benzene rings is 2. The number of carbonyl (C=O) groups is 3. The van der Waals surface area contributed by atoms with Crippen molar-refractivity contribution in [2.75, 3.05) is 25.1 Å². The Labute approximate surface area is 227 Å². The van der Waals surface area contributed by atoms with Crippen molar-refractivity contribution < 1.29 is 28.2 Å². The molecule has 7 nitrogen and oxygen atoms in total. The summed E-state index contributed by atoms with van der Waals surface area (Å²) < 4.78 is 25.1. The SMILES string of the molecule is CCOc1cc(/C=C2/SC(=O)N(CC3CCCCC3)C2=O)c(Br)cc1OCC(=O)Nc1ccc(F)cc1. The minimum absolute atomic E-state index is 0.241. The van der Waals surface area contributed by atoms with Gasteiger partial charge in [0.15, 0.2) is 18.1 Å². The van der Waals surface area contributed by atoms with E-state index in [2.05, 4.69) is 21.2 Å². The van der Waals surface area contributed by atoms with Gasteiger partial charge in [0.1, 0.15) is 5.82 Å². The molecule has 2 aromatic carbocycles. The first kappa shape index (κ1) is 27.2. The number of ether oxygens (including phenoxy) is 2. The summed E-state index contributed by atoms with van der Waals surface area (Å²) in [6.45, 7) is 2.36. The Hall–Kier alpha value is -2.85. The third-order valence-corrected chi connectivity index (χ3v) is 7.77. The molecule has 0 radical (unpaired) electrons. The van der Waals surface area contributed by atoms with Gasteiger partial charge in [0.05, 0.1) is 11.5 Å². The van der Waals surface area contributed by atoms with E-state index in [0.29, 0.717) is 51.2 Å². The lowest BCUT2D eigenvalue weighted by atomic mass is 9.89.